The molecule has 0 atom stereocenters. The summed E-state index contributed by atoms with van der Waals surface area (Å²) < 4.78 is 0. The zero-order valence-electron chi connectivity index (χ0n) is 14.5. The molecule has 2 amide bonds. The van der Waals surface area contributed by atoms with Gasteiger partial charge in [0, 0.05) is 45.1 Å². The summed E-state index contributed by atoms with van der Waals surface area (Å²) in [5, 5.41) is 2.92. The lowest BCUT2D eigenvalue weighted by atomic mass is 10.2. The van der Waals surface area contributed by atoms with Gasteiger partial charge in [-0.2, -0.15) is 0 Å². The van der Waals surface area contributed by atoms with E-state index in [0.717, 1.165) is 5.56 Å². The van der Waals surface area contributed by atoms with Gasteiger partial charge in [0.15, 0.2) is 11.5 Å². The number of nitrogens with zero attached hydrogens (tertiary/aromatic N) is 4. The lowest BCUT2D eigenvalue weighted by Crippen LogP contribution is -2.51. The number of nitrogens with two attached hydrogens (primary N) is 1. The van der Waals surface area contributed by atoms with E-state index >= 15 is 0 Å². The van der Waals surface area contributed by atoms with E-state index in [2.05, 4.69) is 15.3 Å². The van der Waals surface area contributed by atoms with E-state index < -0.39 is 0 Å². The van der Waals surface area contributed by atoms with Crippen molar-refractivity contribution in [2.75, 3.05) is 38.5 Å². The number of carbonyl (C=O) groups is 2. The first-order chi connectivity index (χ1) is 12.6. The Kier molecular flexibility index (Phi) is 5.75. The molecule has 3 N–H and O–H groups in total. The highest BCUT2D eigenvalue weighted by atomic mass is 16.2. The highest BCUT2D eigenvalue weighted by Gasteiger charge is 2.25. The van der Waals surface area contributed by atoms with Crippen molar-refractivity contribution < 1.29 is 9.59 Å². The largest absolute Gasteiger partial charge is 0.382 e. The fourth-order valence-electron chi connectivity index (χ4n) is 2.83. The number of hydrogen-bond donors (Lipinski definition) is 2. The Balaban J connectivity index is 1.44. The van der Waals surface area contributed by atoms with Gasteiger partial charge >= 0.3 is 0 Å². The number of hydrogen-bond acceptors (Lipinski definition) is 6. The van der Waals surface area contributed by atoms with Crippen LogP contribution in [-0.4, -0.2) is 64.3 Å². The number of nitrogens with one attached hydrogen (secondary N) is 1. The van der Waals surface area contributed by atoms with E-state index in [1.165, 1.54) is 12.4 Å². The van der Waals surface area contributed by atoms with Gasteiger partial charge in [-0.05, 0) is 5.56 Å². The van der Waals surface area contributed by atoms with Crippen LogP contribution >= 0.6 is 0 Å². The summed E-state index contributed by atoms with van der Waals surface area (Å²) in [6, 6.07) is 9.79. The standard InChI is InChI=1S/C18H22N6O2/c19-17-16(20-6-7-21-17)18(26)24-10-8-23(9-11-24)13-15(25)22-12-14-4-2-1-3-5-14/h1-7H,8-13H2,(H2,19,21)(H,22,25). The summed E-state index contributed by atoms with van der Waals surface area (Å²) >= 11 is 0. The van der Waals surface area contributed by atoms with Crippen molar-refractivity contribution in [3.05, 3.63) is 54.0 Å². The second-order valence-electron chi connectivity index (χ2n) is 6.12. The average molecular weight is 354 g/mol. The molecule has 1 fully saturated rings. The molecule has 0 unspecified atom stereocenters. The van der Waals surface area contributed by atoms with E-state index in [4.69, 9.17) is 5.73 Å². The first-order valence-corrected chi connectivity index (χ1v) is 8.52. The van der Waals surface area contributed by atoms with Crippen LogP contribution in [0.15, 0.2) is 42.7 Å². The first kappa shape index (κ1) is 17.8. The maximum atomic E-state index is 12.5. The van der Waals surface area contributed by atoms with Crippen molar-refractivity contribution in [3.63, 3.8) is 0 Å². The number of carbonyl (C=O) groups excluding carboxylic acids is 2. The zero-order chi connectivity index (χ0) is 18.4. The molecular weight excluding hydrogens is 332 g/mol. The molecule has 8 nitrogen and oxygen atoms in total. The molecule has 0 spiro atoms. The van der Waals surface area contributed by atoms with Crippen molar-refractivity contribution in [3.8, 4) is 0 Å². The van der Waals surface area contributed by atoms with Crippen LogP contribution in [-0.2, 0) is 11.3 Å². The van der Waals surface area contributed by atoms with Gasteiger partial charge in [0.1, 0.15) is 0 Å². The second kappa shape index (κ2) is 8.39. The molecule has 0 aliphatic carbocycles. The normalized spacial score (nSPS) is 14.8. The van der Waals surface area contributed by atoms with Crippen molar-refractivity contribution in [1.29, 1.82) is 0 Å². The van der Waals surface area contributed by atoms with Crippen LogP contribution in [0, 0.1) is 0 Å². The van der Waals surface area contributed by atoms with Crippen LogP contribution in [0.25, 0.3) is 0 Å². The Hall–Kier alpha value is -3.00. The second-order valence-corrected chi connectivity index (χ2v) is 6.12. The maximum absolute atomic E-state index is 12.5. The minimum Gasteiger partial charge on any atom is -0.382 e. The van der Waals surface area contributed by atoms with Crippen LogP contribution < -0.4 is 11.1 Å². The molecule has 0 bridgehead atoms. The van der Waals surface area contributed by atoms with E-state index in [9.17, 15) is 9.59 Å². The molecule has 2 heterocycles. The molecule has 8 heteroatoms. The number of nitrogen functional groups attached to an aromatic ring is 1. The smallest absolute Gasteiger partial charge is 0.276 e. The average Bonchev–Trinajstić information content (AvgIpc) is 2.68. The first-order valence-electron chi connectivity index (χ1n) is 8.52. The number of benzene rings is 1. The molecule has 136 valence electrons. The number of piperazine rings is 1. The van der Waals surface area contributed by atoms with E-state index in [-0.39, 0.29) is 23.3 Å². The fourth-order valence-corrected chi connectivity index (χ4v) is 2.83. The van der Waals surface area contributed by atoms with E-state index in [0.29, 0.717) is 39.3 Å². The Morgan fingerprint density at radius 2 is 1.73 bits per heavy atom. The number of anilines is 1. The Morgan fingerprint density at radius 3 is 2.42 bits per heavy atom. The summed E-state index contributed by atoms with van der Waals surface area (Å²) in [6.07, 6.45) is 2.91. The number of rotatable bonds is 5. The Bertz CT molecular complexity index is 759. The Labute approximate surface area is 152 Å². The molecule has 26 heavy (non-hydrogen) atoms. The van der Waals surface area contributed by atoms with Gasteiger partial charge in [-0.1, -0.05) is 30.3 Å². The van der Waals surface area contributed by atoms with Gasteiger partial charge in [-0.3, -0.25) is 14.5 Å². The molecule has 1 saturated heterocycles. The molecule has 0 saturated carbocycles. The third-order valence-corrected chi connectivity index (χ3v) is 4.29. The Morgan fingerprint density at radius 1 is 1.04 bits per heavy atom. The van der Waals surface area contributed by atoms with Gasteiger partial charge < -0.3 is 16.0 Å². The third kappa shape index (κ3) is 4.54. The minimum atomic E-state index is -0.219. The molecule has 1 aliphatic heterocycles. The zero-order valence-corrected chi connectivity index (χ0v) is 14.5. The van der Waals surface area contributed by atoms with Crippen molar-refractivity contribution >= 4 is 17.6 Å². The third-order valence-electron chi connectivity index (χ3n) is 4.29. The minimum absolute atomic E-state index is 0.0215. The van der Waals surface area contributed by atoms with Crippen LogP contribution in [0.1, 0.15) is 16.1 Å². The van der Waals surface area contributed by atoms with Gasteiger partial charge in [0.05, 0.1) is 6.54 Å². The summed E-state index contributed by atoms with van der Waals surface area (Å²) in [5.41, 5.74) is 6.97. The summed E-state index contributed by atoms with van der Waals surface area (Å²) in [6.45, 7) is 3.16. The molecule has 0 radical (unpaired) electrons. The fraction of sp³-hybridized carbons (Fsp3) is 0.333. The SMILES string of the molecule is Nc1nccnc1C(=O)N1CCN(CC(=O)NCc2ccccc2)CC1. The number of aromatic nitrogens is 2. The van der Waals surface area contributed by atoms with Gasteiger partial charge in [0.25, 0.3) is 5.91 Å². The van der Waals surface area contributed by atoms with E-state index in [1.807, 2.05) is 35.2 Å². The quantitative estimate of drug-likeness (QED) is 0.791. The highest BCUT2D eigenvalue weighted by Crippen LogP contribution is 2.10. The summed E-state index contributed by atoms with van der Waals surface area (Å²) in [7, 11) is 0. The predicted molar refractivity (Wildman–Crippen MR) is 97.1 cm³/mol. The predicted octanol–water partition coefficient (Wildman–Crippen LogP) is 0.133. The number of amides is 2. The van der Waals surface area contributed by atoms with Crippen LogP contribution in [0.2, 0.25) is 0 Å². The van der Waals surface area contributed by atoms with Crippen LogP contribution in [0.4, 0.5) is 5.82 Å². The lowest BCUT2D eigenvalue weighted by molar-refractivity contribution is -0.122. The van der Waals surface area contributed by atoms with Gasteiger partial charge in [-0.25, -0.2) is 9.97 Å². The molecular formula is C18H22N6O2. The van der Waals surface area contributed by atoms with Gasteiger partial charge in [0.2, 0.25) is 5.91 Å². The molecule has 1 aliphatic rings. The van der Waals surface area contributed by atoms with E-state index in [1.54, 1.807) is 4.90 Å². The van der Waals surface area contributed by atoms with Crippen molar-refractivity contribution in [1.82, 2.24) is 25.1 Å². The topological polar surface area (TPSA) is 104 Å². The lowest BCUT2D eigenvalue weighted by Gasteiger charge is -2.34. The molecule has 1 aromatic heterocycles. The van der Waals surface area contributed by atoms with Crippen LogP contribution in [0.3, 0.4) is 0 Å². The van der Waals surface area contributed by atoms with Gasteiger partial charge in [-0.15, -0.1) is 0 Å². The molecule has 1 aromatic carbocycles. The summed E-state index contributed by atoms with van der Waals surface area (Å²) in [5.74, 6) is -0.101. The molecule has 3 rings (SSSR count). The van der Waals surface area contributed by atoms with Crippen molar-refractivity contribution in [2.45, 2.75) is 6.54 Å². The summed E-state index contributed by atoms with van der Waals surface area (Å²) in [4.78, 5) is 36.2. The highest BCUT2D eigenvalue weighted by molar-refractivity contribution is 5.96. The monoisotopic (exact) mass is 354 g/mol. The van der Waals surface area contributed by atoms with Crippen molar-refractivity contribution in [2.24, 2.45) is 0 Å². The molecule has 2 aromatic rings. The van der Waals surface area contributed by atoms with Crippen LogP contribution in [0.5, 0.6) is 0 Å². The maximum Gasteiger partial charge on any atom is 0.276 e.